The monoisotopic (exact) mass is 320 g/mol. The summed E-state index contributed by atoms with van der Waals surface area (Å²) >= 11 is 5.93. The van der Waals surface area contributed by atoms with Crippen molar-refractivity contribution in [2.75, 3.05) is 5.32 Å². The van der Waals surface area contributed by atoms with Crippen LogP contribution in [-0.4, -0.2) is 10.8 Å². The van der Waals surface area contributed by atoms with E-state index in [4.69, 9.17) is 11.6 Å². The predicted molar refractivity (Wildman–Crippen MR) is 82.2 cm³/mol. The Bertz CT molecular complexity index is 762. The van der Waals surface area contributed by atoms with E-state index in [1.165, 1.54) is 12.2 Å². The number of nitro benzene ring substituents is 1. The van der Waals surface area contributed by atoms with Crippen LogP contribution in [0.4, 0.5) is 15.8 Å². The lowest BCUT2D eigenvalue weighted by Crippen LogP contribution is -2.09. The van der Waals surface area contributed by atoms with Gasteiger partial charge in [-0.3, -0.25) is 14.9 Å². The van der Waals surface area contributed by atoms with E-state index < -0.39 is 16.6 Å². The van der Waals surface area contributed by atoms with Crippen molar-refractivity contribution in [3.05, 3.63) is 75.1 Å². The molecule has 22 heavy (non-hydrogen) atoms. The topological polar surface area (TPSA) is 72.2 Å². The van der Waals surface area contributed by atoms with Crippen molar-refractivity contribution in [2.24, 2.45) is 0 Å². The van der Waals surface area contributed by atoms with Gasteiger partial charge in [0.05, 0.1) is 10.6 Å². The number of carbonyl (C=O) groups excluding carboxylic acids is 1. The van der Waals surface area contributed by atoms with Crippen LogP contribution in [0.5, 0.6) is 0 Å². The average Bonchev–Trinajstić information content (AvgIpc) is 2.48. The molecule has 7 heteroatoms. The molecule has 0 unspecified atom stereocenters. The maximum Gasteiger partial charge on any atom is 0.271 e. The quantitative estimate of drug-likeness (QED) is 0.525. The number of hydrogen-bond donors (Lipinski definition) is 1. The number of amides is 1. The second-order valence-corrected chi connectivity index (χ2v) is 4.67. The minimum Gasteiger partial charge on any atom is -0.320 e. The maximum atomic E-state index is 13.5. The largest absolute Gasteiger partial charge is 0.320 e. The number of anilines is 1. The van der Waals surface area contributed by atoms with Crippen molar-refractivity contribution >= 4 is 35.0 Å². The molecule has 0 aliphatic carbocycles. The summed E-state index contributed by atoms with van der Waals surface area (Å²) in [5.41, 5.74) is 0.0497. The van der Waals surface area contributed by atoms with Crippen LogP contribution >= 0.6 is 11.6 Å². The molecule has 0 radical (unpaired) electrons. The molecule has 0 heterocycles. The lowest BCUT2D eigenvalue weighted by molar-refractivity contribution is -0.384. The van der Waals surface area contributed by atoms with Gasteiger partial charge in [0.25, 0.3) is 5.69 Å². The van der Waals surface area contributed by atoms with E-state index >= 15 is 0 Å². The van der Waals surface area contributed by atoms with Crippen molar-refractivity contribution < 1.29 is 14.1 Å². The number of carbonyl (C=O) groups is 1. The predicted octanol–water partition coefficient (Wildman–Crippen LogP) is 4.04. The van der Waals surface area contributed by atoms with E-state index in [9.17, 15) is 19.3 Å². The molecule has 0 saturated heterocycles. The summed E-state index contributed by atoms with van der Waals surface area (Å²) in [7, 11) is 0. The van der Waals surface area contributed by atoms with Crippen LogP contribution in [0.15, 0.2) is 48.5 Å². The fourth-order valence-electron chi connectivity index (χ4n) is 1.67. The first-order chi connectivity index (χ1) is 10.5. The number of nitrogens with zero attached hydrogens (tertiary/aromatic N) is 1. The number of benzene rings is 2. The first kappa shape index (κ1) is 15.7. The minimum atomic E-state index is -0.759. The molecule has 2 rings (SSSR count). The molecule has 112 valence electrons. The Morgan fingerprint density at radius 3 is 2.68 bits per heavy atom. The molecule has 2 aromatic carbocycles. The van der Waals surface area contributed by atoms with Gasteiger partial charge < -0.3 is 5.32 Å². The van der Waals surface area contributed by atoms with E-state index in [1.807, 2.05) is 0 Å². The SMILES string of the molecule is O=C(/C=C/c1ccccc1Cl)Nc1cc([N+](=O)[O-])ccc1F. The van der Waals surface area contributed by atoms with Crippen LogP contribution in [0.2, 0.25) is 5.02 Å². The highest BCUT2D eigenvalue weighted by molar-refractivity contribution is 6.32. The Morgan fingerprint density at radius 1 is 1.27 bits per heavy atom. The van der Waals surface area contributed by atoms with Crippen LogP contribution in [0, 0.1) is 15.9 Å². The lowest BCUT2D eigenvalue weighted by Gasteiger charge is -2.03. The second-order valence-electron chi connectivity index (χ2n) is 4.27. The van der Waals surface area contributed by atoms with Crippen molar-refractivity contribution in [3.8, 4) is 0 Å². The van der Waals surface area contributed by atoms with E-state index in [0.717, 1.165) is 18.2 Å². The third-order valence-electron chi connectivity index (χ3n) is 2.74. The van der Waals surface area contributed by atoms with Crippen molar-refractivity contribution in [2.45, 2.75) is 0 Å². The summed E-state index contributed by atoms with van der Waals surface area (Å²) < 4.78 is 13.5. The van der Waals surface area contributed by atoms with Crippen LogP contribution in [0.25, 0.3) is 6.08 Å². The summed E-state index contributed by atoms with van der Waals surface area (Å²) in [6, 6.07) is 9.77. The third-order valence-corrected chi connectivity index (χ3v) is 3.08. The molecular formula is C15H10ClFN2O3. The van der Waals surface area contributed by atoms with Crippen molar-refractivity contribution in [1.82, 2.24) is 0 Å². The Hall–Kier alpha value is -2.73. The molecule has 0 fully saturated rings. The number of non-ortho nitro benzene ring substituents is 1. The number of halogens is 2. The first-order valence-electron chi connectivity index (χ1n) is 6.15. The maximum absolute atomic E-state index is 13.5. The zero-order chi connectivity index (χ0) is 16.1. The van der Waals surface area contributed by atoms with Crippen molar-refractivity contribution in [3.63, 3.8) is 0 Å². The zero-order valence-corrected chi connectivity index (χ0v) is 11.9. The van der Waals surface area contributed by atoms with Gasteiger partial charge in [0.2, 0.25) is 5.91 Å². The van der Waals surface area contributed by atoms with Gasteiger partial charge in [-0.1, -0.05) is 29.8 Å². The molecule has 1 amide bonds. The minimum absolute atomic E-state index is 0.261. The highest BCUT2D eigenvalue weighted by Gasteiger charge is 2.12. The number of hydrogen-bond acceptors (Lipinski definition) is 3. The van der Waals surface area contributed by atoms with E-state index in [0.29, 0.717) is 10.6 Å². The van der Waals surface area contributed by atoms with Gasteiger partial charge in [-0.15, -0.1) is 0 Å². The normalized spacial score (nSPS) is 10.6. The highest BCUT2D eigenvalue weighted by atomic mass is 35.5. The Morgan fingerprint density at radius 2 is 2.00 bits per heavy atom. The fourth-order valence-corrected chi connectivity index (χ4v) is 1.87. The number of nitro groups is 1. The van der Waals surface area contributed by atoms with Crippen LogP contribution in [0.1, 0.15) is 5.56 Å². The molecule has 0 aliphatic heterocycles. The van der Waals surface area contributed by atoms with Crippen molar-refractivity contribution in [1.29, 1.82) is 0 Å². The fraction of sp³-hybridized carbons (Fsp3) is 0. The van der Waals surface area contributed by atoms with Gasteiger partial charge in [-0.05, 0) is 23.8 Å². The summed E-state index contributed by atoms with van der Waals surface area (Å²) in [6.45, 7) is 0. The van der Waals surface area contributed by atoms with E-state index in [-0.39, 0.29) is 11.4 Å². The summed E-state index contributed by atoms with van der Waals surface area (Å²) in [4.78, 5) is 21.7. The first-order valence-corrected chi connectivity index (χ1v) is 6.52. The van der Waals surface area contributed by atoms with E-state index in [2.05, 4.69) is 5.32 Å². The summed E-state index contributed by atoms with van der Waals surface area (Å²) in [6.07, 6.45) is 2.63. The zero-order valence-electron chi connectivity index (χ0n) is 11.1. The lowest BCUT2D eigenvalue weighted by atomic mass is 10.2. The van der Waals surface area contributed by atoms with Crippen LogP contribution in [-0.2, 0) is 4.79 Å². The highest BCUT2D eigenvalue weighted by Crippen LogP contribution is 2.21. The van der Waals surface area contributed by atoms with Gasteiger partial charge in [0, 0.05) is 23.2 Å². The molecule has 2 aromatic rings. The van der Waals surface area contributed by atoms with Crippen LogP contribution in [0.3, 0.4) is 0 Å². The molecule has 0 bridgehead atoms. The molecule has 0 aliphatic rings. The smallest absolute Gasteiger partial charge is 0.271 e. The summed E-state index contributed by atoms with van der Waals surface area (Å²) in [5, 5.41) is 13.4. The number of nitrogens with one attached hydrogen (secondary N) is 1. The average molecular weight is 321 g/mol. The Balaban J connectivity index is 2.14. The molecule has 5 nitrogen and oxygen atoms in total. The Labute approximate surface area is 130 Å². The molecule has 0 spiro atoms. The standard InChI is InChI=1S/C15H10ClFN2O3/c16-12-4-2-1-3-10(12)5-8-15(20)18-14-9-11(19(21)22)6-7-13(14)17/h1-9H,(H,18,20)/b8-5+. The molecule has 0 atom stereocenters. The second kappa shape index (κ2) is 6.82. The van der Waals surface area contributed by atoms with Crippen LogP contribution < -0.4 is 5.32 Å². The third kappa shape index (κ3) is 3.89. The van der Waals surface area contributed by atoms with E-state index in [1.54, 1.807) is 24.3 Å². The molecular weight excluding hydrogens is 311 g/mol. The summed E-state index contributed by atoms with van der Waals surface area (Å²) in [5.74, 6) is -1.38. The molecule has 0 aromatic heterocycles. The molecule has 0 saturated carbocycles. The van der Waals surface area contributed by atoms with Gasteiger partial charge in [0.1, 0.15) is 5.82 Å². The van der Waals surface area contributed by atoms with Gasteiger partial charge >= 0.3 is 0 Å². The van der Waals surface area contributed by atoms with Gasteiger partial charge in [-0.2, -0.15) is 0 Å². The van der Waals surface area contributed by atoms with Gasteiger partial charge in [-0.25, -0.2) is 4.39 Å². The van der Waals surface area contributed by atoms with Gasteiger partial charge in [0.15, 0.2) is 0 Å². The molecule has 1 N–H and O–H groups in total. The Kier molecular flexibility index (Phi) is 4.85. The number of rotatable bonds is 4.